The Morgan fingerprint density at radius 3 is 2.31 bits per heavy atom. The van der Waals surface area contributed by atoms with Crippen molar-refractivity contribution in [3.8, 4) is 16.9 Å². The van der Waals surface area contributed by atoms with Gasteiger partial charge in [-0.15, -0.1) is 0 Å². The number of hydrogen-bond acceptors (Lipinski definition) is 22. The number of carboxylic acid groups (broad SMARTS) is 2. The number of aliphatic carboxylic acids is 1. The second-order valence-electron chi connectivity index (χ2n) is 28.9. The SMILES string of the molecule is Cc1c(-c2ccc(N3CCc4cccc(C(=O)Nc5nc6ccccc6s5)c4C3)nc2C(=O)O)cnn1CC12CC3(C)CC(C)(C1)CC(OCCN(CCS(=O)(=O)O)C(=O)OC/C=C/c1ccc(O[C@@H]4O[C@H](C(=O)O)[C@@H](O)[C@H](O)[C@H]4O)c(NC(=O)CCNC(=O)CCCCCN4C(=O)C=CC4=O)c1)(C3)C2. The van der Waals surface area contributed by atoms with Gasteiger partial charge in [0.15, 0.2) is 16.9 Å². The third-order valence-corrected chi connectivity index (χ3v) is 22.1. The molecule has 6 heterocycles. The summed E-state index contributed by atoms with van der Waals surface area (Å²) in [5.41, 5.74) is 3.81. The molecule has 4 aliphatic carbocycles. The zero-order chi connectivity index (χ0) is 74.8. The van der Waals surface area contributed by atoms with Crippen LogP contribution in [-0.4, -0.2) is 204 Å². The molecule has 7 atom stereocenters. The molecule has 13 rings (SSSR count). The maximum absolute atomic E-state index is 13.9. The Morgan fingerprint density at radius 2 is 1.58 bits per heavy atom. The van der Waals surface area contributed by atoms with E-state index in [-0.39, 0.29) is 90.9 Å². The summed E-state index contributed by atoms with van der Waals surface area (Å²) in [6, 6.07) is 21.1. The molecule has 2 unspecified atom stereocenters. The van der Waals surface area contributed by atoms with Crippen LogP contribution in [0.2, 0.25) is 0 Å². The van der Waals surface area contributed by atoms with Gasteiger partial charge >= 0.3 is 18.0 Å². The predicted molar refractivity (Wildman–Crippen MR) is 381 cm³/mol. The van der Waals surface area contributed by atoms with Gasteiger partial charge in [-0.3, -0.25) is 43.4 Å². The average Bonchev–Trinajstić information content (AvgIpc) is 0.856. The standard InChI is InChI=1S/C73H84N10O20S2/c1-43-48(46-18-20-54(78-59(46)65(92)93)81-27-24-45-12-9-13-47(49(45)35-81)64(91)79-68-77-50-14-6-7-15-53(50)104-68)34-75-83(43)42-72-37-70(2)36-71(3,38-72)40-73(39-70,41-72)101-31-28-80(29-32-105(97,98)99)69(96)100-30-10-11-44-17-19-52(102-67-62(90)60(88)61(89)63(103-67)66(94)95)51(33-44)76-56(85)23-25-74-55(84)16-5-4-8-26-82-57(86)21-22-58(82)87/h6-7,9-15,17-22,33-34,60-63,67,88-90H,4-5,8,16,23-32,35-42H2,1-3H3,(H,74,84)(H,76,85)(H,92,93)(H,94,95)(H,77,79,91)(H,97,98,99)/b11-10+/t60-,61-,62+,63-,67+,70?,71?,72?,73?/m0/s1. The molecular formula is C73H84N10O20S2. The highest BCUT2D eigenvalue weighted by molar-refractivity contribution is 7.85. The maximum Gasteiger partial charge on any atom is 0.410 e. The molecule has 3 aromatic heterocycles. The topological polar surface area (TPSA) is 418 Å². The summed E-state index contributed by atoms with van der Waals surface area (Å²) in [7, 11) is -4.56. The van der Waals surface area contributed by atoms with Crippen molar-refractivity contribution in [2.45, 2.75) is 147 Å². The Bertz CT molecular complexity index is 4490. The Balaban J connectivity index is 0.677. The van der Waals surface area contributed by atoms with E-state index in [0.717, 1.165) is 68.9 Å². The van der Waals surface area contributed by atoms with Crippen LogP contribution in [0.3, 0.4) is 0 Å². The van der Waals surface area contributed by atoms with E-state index >= 15 is 0 Å². The normalized spacial score (nSPS) is 24.7. The number of nitrogens with zero attached hydrogens (tertiary/aromatic N) is 7. The molecule has 558 valence electrons. The van der Waals surface area contributed by atoms with Gasteiger partial charge in [-0.1, -0.05) is 68.0 Å². The van der Waals surface area contributed by atoms with Crippen molar-refractivity contribution in [1.82, 2.24) is 34.9 Å². The number of ether oxygens (including phenoxy) is 4. The first-order valence-electron chi connectivity index (χ1n) is 34.8. The lowest BCUT2D eigenvalue weighted by Gasteiger charge is -2.69. The molecule has 5 fully saturated rings. The molecule has 0 radical (unpaired) electrons. The number of hydrogen-bond donors (Lipinski definition) is 9. The fourth-order valence-electron chi connectivity index (χ4n) is 16.8. The van der Waals surface area contributed by atoms with E-state index in [2.05, 4.69) is 34.8 Å². The number of aliphatic hydroxyl groups is 3. The molecule has 3 aliphatic heterocycles. The van der Waals surface area contributed by atoms with E-state index in [4.69, 9.17) is 29.0 Å². The zero-order valence-corrected chi connectivity index (χ0v) is 59.7. The van der Waals surface area contributed by atoms with Gasteiger partial charge in [-0.05, 0) is 146 Å². The minimum Gasteiger partial charge on any atom is -0.479 e. The lowest BCUT2D eigenvalue weighted by Crippen LogP contribution is -2.64. The molecule has 4 bridgehead atoms. The minimum absolute atomic E-state index is 0.0160. The zero-order valence-electron chi connectivity index (χ0n) is 58.1. The number of carbonyl (C=O) groups excluding carboxylic acids is 6. The Hall–Kier alpha value is -9.54. The molecule has 6 aromatic rings. The molecule has 0 spiro atoms. The fraction of sp³-hybridized carbons (Fsp3) is 0.466. The Labute approximate surface area is 608 Å². The number of carbonyl (C=O) groups is 8. The summed E-state index contributed by atoms with van der Waals surface area (Å²) in [6.07, 6.45) is 3.02. The lowest BCUT2D eigenvalue weighted by molar-refractivity contribution is -0.271. The number of pyridine rings is 1. The molecule has 32 heteroatoms. The van der Waals surface area contributed by atoms with Crippen LogP contribution in [-0.2, 0) is 67.8 Å². The monoisotopic (exact) mass is 1480 g/mol. The third-order valence-electron chi connectivity index (χ3n) is 20.4. The van der Waals surface area contributed by atoms with Gasteiger partial charge in [0, 0.05) is 93.2 Å². The van der Waals surface area contributed by atoms with E-state index in [1.54, 1.807) is 18.3 Å². The highest BCUT2D eigenvalue weighted by Crippen LogP contribution is 2.72. The van der Waals surface area contributed by atoms with Crippen LogP contribution in [0.5, 0.6) is 5.75 Å². The number of para-hydroxylation sites is 1. The predicted octanol–water partition coefficient (Wildman–Crippen LogP) is 6.75. The first-order valence-corrected chi connectivity index (χ1v) is 37.2. The van der Waals surface area contributed by atoms with Crippen molar-refractivity contribution < 1.29 is 95.8 Å². The summed E-state index contributed by atoms with van der Waals surface area (Å²) in [4.78, 5) is 116. The number of aromatic carboxylic acids is 1. The summed E-state index contributed by atoms with van der Waals surface area (Å²) >= 11 is 1.39. The molecule has 1 saturated heterocycles. The van der Waals surface area contributed by atoms with E-state index in [9.17, 15) is 76.9 Å². The number of thiazole rings is 1. The molecule has 7 aliphatic rings. The summed E-state index contributed by atoms with van der Waals surface area (Å²) in [5.74, 6) is -5.45. The van der Waals surface area contributed by atoms with Crippen molar-refractivity contribution in [3.05, 3.63) is 131 Å². The van der Waals surface area contributed by atoms with E-state index in [1.165, 1.54) is 53.8 Å². The lowest BCUT2D eigenvalue weighted by atomic mass is 9.39. The quantitative estimate of drug-likeness (QED) is 0.0128. The van der Waals surface area contributed by atoms with Crippen LogP contribution in [0.1, 0.15) is 128 Å². The fourth-order valence-corrected chi connectivity index (χ4v) is 18.1. The third kappa shape index (κ3) is 17.4. The largest absolute Gasteiger partial charge is 0.479 e. The van der Waals surface area contributed by atoms with Gasteiger partial charge in [0.1, 0.15) is 36.5 Å². The number of imide groups is 1. The van der Waals surface area contributed by atoms with Gasteiger partial charge in [-0.2, -0.15) is 13.5 Å². The molecule has 9 N–H and O–H groups in total. The number of nitrogens with one attached hydrogen (secondary N) is 3. The van der Waals surface area contributed by atoms with Crippen LogP contribution >= 0.6 is 11.3 Å². The number of rotatable bonds is 30. The highest BCUT2D eigenvalue weighted by Gasteiger charge is 2.66. The van der Waals surface area contributed by atoms with Crippen molar-refractivity contribution in [1.29, 1.82) is 0 Å². The number of aliphatic hydroxyl groups excluding tert-OH is 3. The van der Waals surface area contributed by atoms with Crippen LogP contribution in [0.15, 0.2) is 97.2 Å². The first kappa shape index (κ1) is 75.2. The number of benzene rings is 3. The average molecular weight is 1490 g/mol. The Kier molecular flexibility index (Phi) is 22.1. The smallest absolute Gasteiger partial charge is 0.410 e. The Morgan fingerprint density at radius 1 is 0.819 bits per heavy atom. The van der Waals surface area contributed by atoms with Gasteiger partial charge in [0.2, 0.25) is 18.1 Å². The summed E-state index contributed by atoms with van der Waals surface area (Å²) in [6.45, 7) is 7.02. The van der Waals surface area contributed by atoms with E-state index in [0.29, 0.717) is 84.9 Å². The number of fused-ring (bicyclic) bond motifs is 2. The second kappa shape index (κ2) is 30.9. The van der Waals surface area contributed by atoms with Crippen molar-refractivity contribution in [3.63, 3.8) is 0 Å². The van der Waals surface area contributed by atoms with E-state index < -0.39 is 94.5 Å². The molecule has 6 amide bonds. The van der Waals surface area contributed by atoms with Crippen LogP contribution in [0.4, 0.5) is 21.4 Å². The number of anilines is 3. The summed E-state index contributed by atoms with van der Waals surface area (Å²) in [5, 5.41) is 65.6. The van der Waals surface area contributed by atoms with Crippen molar-refractivity contribution >= 4 is 102 Å². The van der Waals surface area contributed by atoms with Crippen LogP contribution in [0.25, 0.3) is 27.4 Å². The summed E-state index contributed by atoms with van der Waals surface area (Å²) < 4.78 is 60.7. The molecular weight excluding hydrogens is 1400 g/mol. The maximum atomic E-state index is 13.9. The number of aromatic nitrogens is 4. The molecule has 4 saturated carbocycles. The highest BCUT2D eigenvalue weighted by atomic mass is 32.2. The van der Waals surface area contributed by atoms with Gasteiger partial charge < -0.3 is 64.9 Å². The van der Waals surface area contributed by atoms with Crippen LogP contribution < -0.4 is 25.6 Å². The van der Waals surface area contributed by atoms with E-state index in [1.807, 2.05) is 59.0 Å². The van der Waals surface area contributed by atoms with Crippen LogP contribution in [0, 0.1) is 23.2 Å². The minimum atomic E-state index is -4.56. The van der Waals surface area contributed by atoms with Gasteiger partial charge in [0.05, 0.1) is 40.1 Å². The second-order valence-corrected chi connectivity index (χ2v) is 31.5. The van der Waals surface area contributed by atoms with Crippen molar-refractivity contribution in [2.75, 3.05) is 67.2 Å². The number of unbranched alkanes of at least 4 members (excludes halogenated alkanes) is 2. The first-order chi connectivity index (χ1) is 50.0. The molecule has 3 aromatic carbocycles. The molecule has 30 nitrogen and oxygen atoms in total. The van der Waals surface area contributed by atoms with Gasteiger partial charge in [-0.25, -0.2) is 24.4 Å². The van der Waals surface area contributed by atoms with Gasteiger partial charge in [0.25, 0.3) is 27.8 Å². The number of carboxylic acids is 2. The number of amides is 6. The van der Waals surface area contributed by atoms with Crippen molar-refractivity contribution in [2.24, 2.45) is 16.2 Å². The molecule has 105 heavy (non-hydrogen) atoms.